The highest BCUT2D eigenvalue weighted by Gasteiger charge is 2.32. The Morgan fingerprint density at radius 2 is 1.80 bits per heavy atom. The summed E-state index contributed by atoms with van der Waals surface area (Å²) in [5.74, 6) is 3.35. The number of amides is 1. The fraction of sp³-hybridized carbons (Fsp3) is 0.318. The Balaban J connectivity index is 1.67. The van der Waals surface area contributed by atoms with Gasteiger partial charge in [-0.2, -0.15) is 0 Å². The lowest BCUT2D eigenvalue weighted by Gasteiger charge is -2.31. The number of aliphatic hydroxyl groups excluding tert-OH is 1. The Kier molecular flexibility index (Phi) is 6.63. The average Bonchev–Trinajstić information content (AvgIpc) is 2.73. The molecule has 30 heavy (non-hydrogen) atoms. The molecular formula is C22H19F4NO3. The molecule has 1 heterocycles. The third-order valence-electron chi connectivity index (χ3n) is 4.70. The van der Waals surface area contributed by atoms with E-state index in [2.05, 4.69) is 16.6 Å². The number of benzene rings is 2. The third kappa shape index (κ3) is 5.74. The summed E-state index contributed by atoms with van der Waals surface area (Å²) in [7, 11) is 0. The number of piperidine rings is 1. The zero-order chi connectivity index (χ0) is 21.7. The molecule has 1 atom stereocenters. The van der Waals surface area contributed by atoms with E-state index in [1.54, 1.807) is 29.2 Å². The smallest absolute Gasteiger partial charge is 0.403 e. The van der Waals surface area contributed by atoms with Crippen LogP contribution in [0, 0.1) is 23.6 Å². The van der Waals surface area contributed by atoms with Crippen molar-refractivity contribution < 1.29 is 32.2 Å². The van der Waals surface area contributed by atoms with E-state index in [4.69, 9.17) is 0 Å². The topological polar surface area (TPSA) is 49.8 Å². The number of ether oxygens (including phenoxy) is 1. The molecule has 1 fully saturated rings. The van der Waals surface area contributed by atoms with E-state index in [0.29, 0.717) is 24.2 Å². The summed E-state index contributed by atoms with van der Waals surface area (Å²) < 4.78 is 53.8. The summed E-state index contributed by atoms with van der Waals surface area (Å²) in [5, 5.41) is 9.30. The maximum absolute atomic E-state index is 13.7. The van der Waals surface area contributed by atoms with Gasteiger partial charge in [0, 0.05) is 36.4 Å². The van der Waals surface area contributed by atoms with Gasteiger partial charge >= 0.3 is 6.36 Å². The first kappa shape index (κ1) is 21.7. The highest BCUT2D eigenvalue weighted by molar-refractivity contribution is 5.94. The Morgan fingerprint density at radius 3 is 2.43 bits per heavy atom. The zero-order valence-electron chi connectivity index (χ0n) is 15.9. The van der Waals surface area contributed by atoms with Crippen LogP contribution in [0.1, 0.15) is 34.3 Å². The maximum atomic E-state index is 13.7. The second-order valence-corrected chi connectivity index (χ2v) is 6.96. The Hall–Kier alpha value is -3.05. The Bertz CT molecular complexity index is 961. The Labute approximate surface area is 171 Å². The van der Waals surface area contributed by atoms with Crippen molar-refractivity contribution in [2.75, 3.05) is 19.7 Å². The van der Waals surface area contributed by atoms with Crippen molar-refractivity contribution in [2.24, 2.45) is 5.92 Å². The summed E-state index contributed by atoms with van der Waals surface area (Å²) in [5.41, 5.74) is 1.25. The number of aliphatic hydroxyl groups is 1. The molecule has 158 valence electrons. The number of carbonyl (C=O) groups excluding carboxylic acids is 1. The molecule has 1 saturated heterocycles. The van der Waals surface area contributed by atoms with Crippen LogP contribution in [0.4, 0.5) is 17.6 Å². The minimum absolute atomic E-state index is 0.0577. The fourth-order valence-corrected chi connectivity index (χ4v) is 3.21. The van der Waals surface area contributed by atoms with Crippen LogP contribution in [-0.2, 0) is 0 Å². The minimum atomic E-state index is -4.97. The van der Waals surface area contributed by atoms with Crippen molar-refractivity contribution in [3.05, 3.63) is 65.0 Å². The highest BCUT2D eigenvalue weighted by Crippen LogP contribution is 2.26. The molecule has 0 radical (unpaired) electrons. The van der Waals surface area contributed by atoms with Crippen LogP contribution < -0.4 is 4.74 Å². The van der Waals surface area contributed by atoms with E-state index in [1.807, 2.05) is 0 Å². The molecule has 0 spiro atoms. The standard InChI is InChI=1S/C22H19F4NO3/c23-19-12-16(7-10-20(19)30-22(24,25)26)4-3-15-5-8-18(9-6-15)21(29)27-11-1-2-17(13-27)14-28/h5-10,12,17,28H,1-2,11,13-14H2. The van der Waals surface area contributed by atoms with Crippen molar-refractivity contribution in [2.45, 2.75) is 19.2 Å². The first-order valence-corrected chi connectivity index (χ1v) is 9.32. The molecule has 8 heteroatoms. The third-order valence-corrected chi connectivity index (χ3v) is 4.70. The molecule has 1 N–H and O–H groups in total. The van der Waals surface area contributed by atoms with Gasteiger partial charge in [-0.25, -0.2) is 4.39 Å². The molecule has 2 aromatic rings. The van der Waals surface area contributed by atoms with Crippen molar-refractivity contribution in [1.29, 1.82) is 0 Å². The van der Waals surface area contributed by atoms with Gasteiger partial charge in [0.2, 0.25) is 0 Å². The average molecular weight is 421 g/mol. The summed E-state index contributed by atoms with van der Waals surface area (Å²) in [4.78, 5) is 14.3. The van der Waals surface area contributed by atoms with Crippen molar-refractivity contribution in [3.63, 3.8) is 0 Å². The monoisotopic (exact) mass is 421 g/mol. The van der Waals surface area contributed by atoms with Gasteiger partial charge < -0.3 is 14.7 Å². The first-order valence-electron chi connectivity index (χ1n) is 9.32. The molecule has 1 unspecified atom stereocenters. The lowest BCUT2D eigenvalue weighted by molar-refractivity contribution is -0.275. The molecule has 2 aromatic carbocycles. The van der Waals surface area contributed by atoms with Crippen LogP contribution >= 0.6 is 0 Å². The van der Waals surface area contributed by atoms with E-state index in [9.17, 15) is 27.5 Å². The van der Waals surface area contributed by atoms with Gasteiger partial charge in [-0.15, -0.1) is 13.2 Å². The summed E-state index contributed by atoms with van der Waals surface area (Å²) in [6, 6.07) is 9.51. The summed E-state index contributed by atoms with van der Waals surface area (Å²) in [6.07, 6.45) is -3.22. The number of rotatable bonds is 3. The molecule has 0 aromatic heterocycles. The number of halogens is 4. The van der Waals surface area contributed by atoms with Crippen LogP contribution in [-0.4, -0.2) is 42.0 Å². The number of hydrogen-bond donors (Lipinski definition) is 1. The zero-order valence-corrected chi connectivity index (χ0v) is 15.9. The molecule has 0 bridgehead atoms. The van der Waals surface area contributed by atoms with E-state index in [1.165, 1.54) is 6.07 Å². The van der Waals surface area contributed by atoms with E-state index in [-0.39, 0.29) is 24.0 Å². The molecule has 4 nitrogen and oxygen atoms in total. The Morgan fingerprint density at radius 1 is 1.13 bits per heavy atom. The van der Waals surface area contributed by atoms with Gasteiger partial charge in [0.05, 0.1) is 0 Å². The molecule has 0 saturated carbocycles. The molecular weight excluding hydrogens is 402 g/mol. The molecule has 1 aliphatic heterocycles. The van der Waals surface area contributed by atoms with Gasteiger partial charge in [0.1, 0.15) is 0 Å². The van der Waals surface area contributed by atoms with Crippen LogP contribution in [0.5, 0.6) is 5.75 Å². The summed E-state index contributed by atoms with van der Waals surface area (Å²) in [6.45, 7) is 1.23. The van der Waals surface area contributed by atoms with Crippen LogP contribution in [0.2, 0.25) is 0 Å². The second-order valence-electron chi connectivity index (χ2n) is 6.96. The van der Waals surface area contributed by atoms with Gasteiger partial charge in [-0.05, 0) is 61.2 Å². The van der Waals surface area contributed by atoms with Crippen molar-refractivity contribution >= 4 is 5.91 Å². The number of likely N-dealkylation sites (tertiary alicyclic amines) is 1. The number of hydrogen-bond acceptors (Lipinski definition) is 3. The van der Waals surface area contributed by atoms with E-state index < -0.39 is 17.9 Å². The SMILES string of the molecule is O=C(c1ccc(C#Cc2ccc(OC(F)(F)F)c(F)c2)cc1)N1CCCC(CO)C1. The molecule has 1 aliphatic rings. The van der Waals surface area contributed by atoms with E-state index >= 15 is 0 Å². The predicted molar refractivity (Wildman–Crippen MR) is 101 cm³/mol. The molecule has 1 amide bonds. The molecule has 0 aliphatic carbocycles. The van der Waals surface area contributed by atoms with Crippen LogP contribution in [0.25, 0.3) is 0 Å². The number of carbonyl (C=O) groups is 1. The minimum Gasteiger partial charge on any atom is -0.403 e. The number of nitrogens with zero attached hydrogens (tertiary/aromatic N) is 1. The maximum Gasteiger partial charge on any atom is 0.573 e. The van der Waals surface area contributed by atoms with E-state index in [0.717, 1.165) is 25.0 Å². The van der Waals surface area contributed by atoms with Gasteiger partial charge in [-0.3, -0.25) is 4.79 Å². The van der Waals surface area contributed by atoms with Gasteiger partial charge in [0.15, 0.2) is 11.6 Å². The molecule has 3 rings (SSSR count). The van der Waals surface area contributed by atoms with Crippen molar-refractivity contribution in [3.8, 4) is 17.6 Å². The normalized spacial score (nSPS) is 16.6. The highest BCUT2D eigenvalue weighted by atomic mass is 19.4. The lowest BCUT2D eigenvalue weighted by Crippen LogP contribution is -2.40. The largest absolute Gasteiger partial charge is 0.573 e. The van der Waals surface area contributed by atoms with Crippen LogP contribution in [0.3, 0.4) is 0 Å². The van der Waals surface area contributed by atoms with Gasteiger partial charge in [0.25, 0.3) is 5.91 Å². The van der Waals surface area contributed by atoms with Crippen molar-refractivity contribution in [1.82, 2.24) is 4.90 Å². The first-order chi connectivity index (χ1) is 14.2. The lowest BCUT2D eigenvalue weighted by atomic mass is 9.98. The predicted octanol–water partition coefficient (Wildman–Crippen LogP) is 3.97. The fourth-order valence-electron chi connectivity index (χ4n) is 3.21. The second kappa shape index (κ2) is 9.18. The van der Waals surface area contributed by atoms with Crippen LogP contribution in [0.15, 0.2) is 42.5 Å². The summed E-state index contributed by atoms with van der Waals surface area (Å²) >= 11 is 0. The quantitative estimate of drug-likeness (QED) is 0.603. The number of alkyl halides is 3. The van der Waals surface area contributed by atoms with Gasteiger partial charge in [-0.1, -0.05) is 11.8 Å².